The first-order valence-corrected chi connectivity index (χ1v) is 5.71. The Morgan fingerprint density at radius 2 is 1.28 bits per heavy atom. The second-order valence-corrected chi connectivity index (χ2v) is 3.90. The number of pyridine rings is 1. The third kappa shape index (κ3) is 2.11. The Morgan fingerprint density at radius 1 is 0.611 bits per heavy atom. The summed E-state index contributed by atoms with van der Waals surface area (Å²) in [5, 5.41) is 0. The van der Waals surface area contributed by atoms with Crippen molar-refractivity contribution in [3.05, 3.63) is 67.3 Å². The molecule has 0 radical (unpaired) electrons. The second kappa shape index (κ2) is 4.75. The van der Waals surface area contributed by atoms with E-state index in [-0.39, 0.29) is 0 Å². The van der Waals surface area contributed by atoms with Gasteiger partial charge in [0.25, 0.3) is 0 Å². The number of hydrogen-bond donors (Lipinski definition) is 0. The summed E-state index contributed by atoms with van der Waals surface area (Å²) in [6, 6.07) is 13.8. The number of rotatable bonds is 2. The van der Waals surface area contributed by atoms with Gasteiger partial charge in [0.05, 0.1) is 0 Å². The van der Waals surface area contributed by atoms with Crippen LogP contribution in [-0.2, 0) is 0 Å². The van der Waals surface area contributed by atoms with Gasteiger partial charge in [0, 0.05) is 35.9 Å². The quantitative estimate of drug-likeness (QED) is 0.682. The molecular formula is C15H11N3. The summed E-state index contributed by atoms with van der Waals surface area (Å²) in [6.45, 7) is 0. The average Bonchev–Trinajstić information content (AvgIpc) is 2.49. The van der Waals surface area contributed by atoms with E-state index in [1.807, 2.05) is 54.9 Å². The fourth-order valence-corrected chi connectivity index (χ4v) is 1.76. The molecule has 2 aromatic heterocycles. The molecule has 3 heteroatoms. The van der Waals surface area contributed by atoms with E-state index in [9.17, 15) is 0 Å². The van der Waals surface area contributed by atoms with Crippen LogP contribution in [0.2, 0.25) is 0 Å². The Bertz CT molecular complexity index is 560. The van der Waals surface area contributed by atoms with Crippen LogP contribution in [-0.4, -0.2) is 15.0 Å². The molecule has 3 aromatic rings. The van der Waals surface area contributed by atoms with Crippen molar-refractivity contribution in [3.63, 3.8) is 0 Å². The maximum Gasteiger partial charge on any atom is 0.159 e. The molecule has 0 unspecified atom stereocenters. The smallest absolute Gasteiger partial charge is 0.159 e. The predicted molar refractivity (Wildman–Crippen MR) is 70.7 cm³/mol. The highest BCUT2D eigenvalue weighted by Gasteiger charge is 2.01. The Morgan fingerprint density at radius 3 is 1.94 bits per heavy atom. The van der Waals surface area contributed by atoms with Crippen LogP contribution in [0.25, 0.3) is 22.5 Å². The summed E-state index contributed by atoms with van der Waals surface area (Å²) >= 11 is 0. The highest BCUT2D eigenvalue weighted by molar-refractivity contribution is 5.63. The van der Waals surface area contributed by atoms with Crippen LogP contribution in [0.4, 0.5) is 0 Å². The van der Waals surface area contributed by atoms with Gasteiger partial charge in [0.1, 0.15) is 0 Å². The van der Waals surface area contributed by atoms with Gasteiger partial charge < -0.3 is 0 Å². The van der Waals surface area contributed by atoms with Gasteiger partial charge in [-0.3, -0.25) is 4.98 Å². The highest BCUT2D eigenvalue weighted by atomic mass is 14.9. The molecule has 0 fully saturated rings. The minimum absolute atomic E-state index is 0.744. The van der Waals surface area contributed by atoms with Gasteiger partial charge in [-0.05, 0) is 17.7 Å². The summed E-state index contributed by atoms with van der Waals surface area (Å²) in [5.74, 6) is 0.744. The Balaban J connectivity index is 1.95. The maximum atomic E-state index is 4.39. The third-order valence-corrected chi connectivity index (χ3v) is 2.70. The Hall–Kier alpha value is -2.55. The molecule has 0 saturated carbocycles. The molecule has 2 heterocycles. The largest absolute Gasteiger partial charge is 0.265 e. The lowest BCUT2D eigenvalue weighted by Gasteiger charge is -2.02. The molecule has 0 saturated heterocycles. The fraction of sp³-hybridized carbons (Fsp3) is 0. The number of hydrogen-bond acceptors (Lipinski definition) is 3. The molecule has 18 heavy (non-hydrogen) atoms. The molecule has 1 aromatic carbocycles. The van der Waals surface area contributed by atoms with Crippen LogP contribution in [0, 0.1) is 0 Å². The van der Waals surface area contributed by atoms with E-state index in [1.54, 1.807) is 12.4 Å². The minimum Gasteiger partial charge on any atom is -0.265 e. The second-order valence-electron chi connectivity index (χ2n) is 3.90. The summed E-state index contributed by atoms with van der Waals surface area (Å²) < 4.78 is 0. The summed E-state index contributed by atoms with van der Waals surface area (Å²) in [5.41, 5.74) is 3.10. The van der Waals surface area contributed by atoms with E-state index in [0.717, 1.165) is 22.5 Å². The molecule has 3 nitrogen and oxygen atoms in total. The normalized spacial score (nSPS) is 10.2. The van der Waals surface area contributed by atoms with Gasteiger partial charge in [-0.1, -0.05) is 30.3 Å². The minimum atomic E-state index is 0.744. The molecule has 0 atom stereocenters. The van der Waals surface area contributed by atoms with Crippen molar-refractivity contribution in [2.75, 3.05) is 0 Å². The van der Waals surface area contributed by atoms with E-state index >= 15 is 0 Å². The average molecular weight is 233 g/mol. The molecule has 0 amide bonds. The highest BCUT2D eigenvalue weighted by Crippen LogP contribution is 2.19. The maximum absolute atomic E-state index is 4.39. The van der Waals surface area contributed by atoms with Crippen LogP contribution in [0.15, 0.2) is 67.3 Å². The van der Waals surface area contributed by atoms with Crippen LogP contribution in [0.3, 0.4) is 0 Å². The van der Waals surface area contributed by atoms with E-state index in [1.165, 1.54) is 0 Å². The lowest BCUT2D eigenvalue weighted by atomic mass is 10.1. The van der Waals surface area contributed by atoms with Gasteiger partial charge >= 0.3 is 0 Å². The van der Waals surface area contributed by atoms with E-state index in [4.69, 9.17) is 0 Å². The number of benzene rings is 1. The van der Waals surface area contributed by atoms with Crippen molar-refractivity contribution < 1.29 is 0 Å². The van der Waals surface area contributed by atoms with Crippen LogP contribution in [0.5, 0.6) is 0 Å². The first kappa shape index (κ1) is 10.6. The van der Waals surface area contributed by atoms with Gasteiger partial charge in [0.2, 0.25) is 0 Å². The first-order chi connectivity index (χ1) is 8.93. The molecular weight excluding hydrogens is 222 g/mol. The predicted octanol–water partition coefficient (Wildman–Crippen LogP) is 3.21. The lowest BCUT2D eigenvalue weighted by Crippen LogP contribution is -1.89. The fourth-order valence-electron chi connectivity index (χ4n) is 1.76. The number of nitrogens with zero attached hydrogens (tertiary/aromatic N) is 3. The van der Waals surface area contributed by atoms with Crippen molar-refractivity contribution in [1.29, 1.82) is 0 Å². The van der Waals surface area contributed by atoms with Gasteiger partial charge in [-0.2, -0.15) is 0 Å². The third-order valence-electron chi connectivity index (χ3n) is 2.70. The molecule has 0 aliphatic heterocycles. The van der Waals surface area contributed by atoms with Gasteiger partial charge in [-0.25, -0.2) is 9.97 Å². The van der Waals surface area contributed by atoms with Crippen molar-refractivity contribution in [2.24, 2.45) is 0 Å². The standard InChI is InChI=1S/C15H11N3/c1-2-4-13(5-3-1)15-17-10-14(11-18-15)12-6-8-16-9-7-12/h1-11H. The zero-order chi connectivity index (χ0) is 12.2. The van der Waals surface area contributed by atoms with Crippen molar-refractivity contribution in [3.8, 4) is 22.5 Å². The zero-order valence-electron chi connectivity index (χ0n) is 9.69. The lowest BCUT2D eigenvalue weighted by molar-refractivity contribution is 1.18. The molecule has 3 rings (SSSR count). The van der Waals surface area contributed by atoms with Crippen molar-refractivity contribution in [2.45, 2.75) is 0 Å². The first-order valence-electron chi connectivity index (χ1n) is 5.71. The van der Waals surface area contributed by atoms with Crippen molar-refractivity contribution >= 4 is 0 Å². The van der Waals surface area contributed by atoms with Gasteiger partial charge in [-0.15, -0.1) is 0 Å². The van der Waals surface area contributed by atoms with Crippen LogP contribution < -0.4 is 0 Å². The van der Waals surface area contributed by atoms with E-state index < -0.39 is 0 Å². The summed E-state index contributed by atoms with van der Waals surface area (Å²) in [6.07, 6.45) is 7.20. The molecule has 0 bridgehead atoms. The number of aromatic nitrogens is 3. The topological polar surface area (TPSA) is 38.7 Å². The molecule has 86 valence electrons. The van der Waals surface area contributed by atoms with E-state index in [2.05, 4.69) is 15.0 Å². The summed E-state index contributed by atoms with van der Waals surface area (Å²) in [4.78, 5) is 12.8. The molecule has 0 aliphatic rings. The van der Waals surface area contributed by atoms with E-state index in [0.29, 0.717) is 0 Å². The molecule has 0 N–H and O–H groups in total. The Kier molecular flexibility index (Phi) is 2.80. The van der Waals surface area contributed by atoms with Gasteiger partial charge in [0.15, 0.2) is 5.82 Å². The molecule has 0 aliphatic carbocycles. The van der Waals surface area contributed by atoms with Crippen LogP contribution >= 0.6 is 0 Å². The SMILES string of the molecule is c1ccc(-c2ncc(-c3ccncc3)cn2)cc1. The van der Waals surface area contributed by atoms with Crippen molar-refractivity contribution in [1.82, 2.24) is 15.0 Å². The summed E-state index contributed by atoms with van der Waals surface area (Å²) in [7, 11) is 0. The zero-order valence-corrected chi connectivity index (χ0v) is 9.69. The van der Waals surface area contributed by atoms with Crippen LogP contribution in [0.1, 0.15) is 0 Å². The Labute approximate surface area is 105 Å². The molecule has 0 spiro atoms. The monoisotopic (exact) mass is 233 g/mol.